The van der Waals surface area contributed by atoms with E-state index in [1.807, 2.05) is 6.08 Å². The number of rotatable bonds is 9. The molecule has 0 amide bonds. The fraction of sp³-hybridized carbons (Fsp3) is 0.500. The van der Waals surface area contributed by atoms with Gasteiger partial charge in [0.15, 0.2) is 0 Å². The Labute approximate surface area is 111 Å². The van der Waals surface area contributed by atoms with Gasteiger partial charge in [-0.15, -0.1) is 6.58 Å². The molecule has 2 heteroatoms. The average Bonchev–Trinajstić information content (AvgIpc) is 2.38. The van der Waals surface area contributed by atoms with Crippen LogP contribution in [0.3, 0.4) is 0 Å². The molecule has 0 heterocycles. The summed E-state index contributed by atoms with van der Waals surface area (Å²) < 4.78 is 5.43. The zero-order valence-corrected chi connectivity index (χ0v) is 11.6. The number of ether oxygens (including phenoxy) is 1. The van der Waals surface area contributed by atoms with Crippen LogP contribution in [0.2, 0.25) is 0 Å². The Hall–Kier alpha value is -1.12. The van der Waals surface area contributed by atoms with Gasteiger partial charge in [0.2, 0.25) is 0 Å². The summed E-state index contributed by atoms with van der Waals surface area (Å²) in [4.78, 5) is 0. The van der Waals surface area contributed by atoms with Crippen molar-refractivity contribution in [1.82, 2.24) is 5.32 Å². The molecule has 1 N–H and O–H groups in total. The summed E-state index contributed by atoms with van der Waals surface area (Å²) in [6.45, 7) is 11.4. The molecule has 0 aliphatic heterocycles. The van der Waals surface area contributed by atoms with Gasteiger partial charge in [0.1, 0.15) is 0 Å². The number of hydrogen-bond donors (Lipinski definition) is 1. The van der Waals surface area contributed by atoms with E-state index < -0.39 is 0 Å². The van der Waals surface area contributed by atoms with Crippen LogP contribution in [0.25, 0.3) is 0 Å². The first-order valence-electron chi connectivity index (χ1n) is 6.72. The van der Waals surface area contributed by atoms with Gasteiger partial charge in [0.05, 0.1) is 13.2 Å². The molecule has 0 aliphatic rings. The highest BCUT2D eigenvalue weighted by atomic mass is 16.5. The third-order valence-electron chi connectivity index (χ3n) is 2.86. The van der Waals surface area contributed by atoms with Crippen molar-refractivity contribution in [1.29, 1.82) is 0 Å². The van der Waals surface area contributed by atoms with Crippen molar-refractivity contribution < 1.29 is 4.74 Å². The van der Waals surface area contributed by atoms with Crippen LogP contribution in [0.15, 0.2) is 36.9 Å². The lowest BCUT2D eigenvalue weighted by atomic mass is 10.0. The van der Waals surface area contributed by atoms with Crippen molar-refractivity contribution in [3.8, 4) is 0 Å². The lowest BCUT2D eigenvalue weighted by molar-refractivity contribution is 0.140. The van der Waals surface area contributed by atoms with Crippen LogP contribution in [0.5, 0.6) is 0 Å². The van der Waals surface area contributed by atoms with Gasteiger partial charge in [0.25, 0.3) is 0 Å². The second-order valence-corrected chi connectivity index (χ2v) is 4.76. The Morgan fingerprint density at radius 2 is 1.94 bits per heavy atom. The Bertz CT molecular complexity index is 329. The maximum absolute atomic E-state index is 5.43. The SMILES string of the molecule is C=CCCOCCNCc1ccc(C(C)C)cc1. The van der Waals surface area contributed by atoms with Crippen LogP contribution in [0.1, 0.15) is 37.3 Å². The van der Waals surface area contributed by atoms with E-state index in [1.165, 1.54) is 11.1 Å². The summed E-state index contributed by atoms with van der Waals surface area (Å²) in [5, 5.41) is 3.38. The van der Waals surface area contributed by atoms with Gasteiger partial charge >= 0.3 is 0 Å². The minimum absolute atomic E-state index is 0.602. The lowest BCUT2D eigenvalue weighted by Crippen LogP contribution is -2.19. The highest BCUT2D eigenvalue weighted by molar-refractivity contribution is 5.24. The Balaban J connectivity index is 2.13. The third kappa shape index (κ3) is 5.99. The highest BCUT2D eigenvalue weighted by Gasteiger charge is 1.98. The van der Waals surface area contributed by atoms with E-state index in [-0.39, 0.29) is 0 Å². The molecule has 0 radical (unpaired) electrons. The average molecular weight is 247 g/mol. The minimum atomic E-state index is 0.602. The molecule has 1 aromatic carbocycles. The fourth-order valence-electron chi connectivity index (χ4n) is 1.67. The molecule has 0 aliphatic carbocycles. The van der Waals surface area contributed by atoms with E-state index in [0.29, 0.717) is 5.92 Å². The largest absolute Gasteiger partial charge is 0.380 e. The van der Waals surface area contributed by atoms with Gasteiger partial charge in [-0.3, -0.25) is 0 Å². The molecule has 0 fully saturated rings. The molecule has 0 bridgehead atoms. The van der Waals surface area contributed by atoms with Crippen LogP contribution in [0, 0.1) is 0 Å². The second-order valence-electron chi connectivity index (χ2n) is 4.76. The first-order valence-corrected chi connectivity index (χ1v) is 6.72. The van der Waals surface area contributed by atoms with Gasteiger partial charge in [-0.25, -0.2) is 0 Å². The van der Waals surface area contributed by atoms with Crippen molar-refractivity contribution in [2.75, 3.05) is 19.8 Å². The van der Waals surface area contributed by atoms with Crippen LogP contribution in [-0.2, 0) is 11.3 Å². The molecule has 1 aromatic rings. The van der Waals surface area contributed by atoms with E-state index in [2.05, 4.69) is 50.0 Å². The second kappa shape index (κ2) is 8.90. The molecule has 2 nitrogen and oxygen atoms in total. The predicted molar refractivity (Wildman–Crippen MR) is 77.9 cm³/mol. The van der Waals surface area contributed by atoms with E-state index in [1.54, 1.807) is 0 Å². The summed E-state index contributed by atoms with van der Waals surface area (Å²) in [5.74, 6) is 0.602. The number of benzene rings is 1. The topological polar surface area (TPSA) is 21.3 Å². The summed E-state index contributed by atoms with van der Waals surface area (Å²) in [7, 11) is 0. The molecule has 0 aromatic heterocycles. The van der Waals surface area contributed by atoms with Crippen LogP contribution < -0.4 is 5.32 Å². The third-order valence-corrected chi connectivity index (χ3v) is 2.86. The van der Waals surface area contributed by atoms with Crippen LogP contribution in [0.4, 0.5) is 0 Å². The molecule has 0 saturated heterocycles. The number of hydrogen-bond acceptors (Lipinski definition) is 2. The smallest absolute Gasteiger partial charge is 0.0591 e. The fourth-order valence-corrected chi connectivity index (χ4v) is 1.67. The Morgan fingerprint density at radius 3 is 2.56 bits per heavy atom. The maximum atomic E-state index is 5.43. The standard InChI is InChI=1S/C16H25NO/c1-4-5-11-18-12-10-17-13-15-6-8-16(9-7-15)14(2)3/h4,6-9,14,17H,1,5,10-13H2,2-3H3. The molecular formula is C16H25NO. The van der Waals surface area contributed by atoms with Crippen molar-refractivity contribution in [2.45, 2.75) is 32.7 Å². The first kappa shape index (κ1) is 14.9. The normalized spacial score (nSPS) is 10.8. The minimum Gasteiger partial charge on any atom is -0.380 e. The predicted octanol–water partition coefficient (Wildman–Crippen LogP) is 3.49. The van der Waals surface area contributed by atoms with Crippen LogP contribution >= 0.6 is 0 Å². The van der Waals surface area contributed by atoms with Gasteiger partial charge in [0, 0.05) is 13.1 Å². The molecule has 0 unspecified atom stereocenters. The number of nitrogens with one attached hydrogen (secondary N) is 1. The van der Waals surface area contributed by atoms with Gasteiger partial charge < -0.3 is 10.1 Å². The van der Waals surface area contributed by atoms with E-state index in [9.17, 15) is 0 Å². The summed E-state index contributed by atoms with van der Waals surface area (Å²) in [5.41, 5.74) is 2.72. The van der Waals surface area contributed by atoms with E-state index >= 15 is 0 Å². The molecular weight excluding hydrogens is 222 g/mol. The Morgan fingerprint density at radius 1 is 1.22 bits per heavy atom. The molecule has 1 rings (SSSR count). The maximum Gasteiger partial charge on any atom is 0.0591 e. The quantitative estimate of drug-likeness (QED) is 0.533. The van der Waals surface area contributed by atoms with Gasteiger partial charge in [-0.05, 0) is 23.5 Å². The van der Waals surface area contributed by atoms with Crippen molar-refractivity contribution >= 4 is 0 Å². The van der Waals surface area contributed by atoms with Crippen molar-refractivity contribution in [3.05, 3.63) is 48.0 Å². The summed E-state index contributed by atoms with van der Waals surface area (Å²) in [6.07, 6.45) is 2.81. The van der Waals surface area contributed by atoms with Crippen LogP contribution in [-0.4, -0.2) is 19.8 Å². The summed E-state index contributed by atoms with van der Waals surface area (Å²) >= 11 is 0. The molecule has 0 spiro atoms. The molecule has 0 saturated carbocycles. The lowest BCUT2D eigenvalue weighted by Gasteiger charge is -2.08. The van der Waals surface area contributed by atoms with E-state index in [4.69, 9.17) is 4.74 Å². The first-order chi connectivity index (χ1) is 8.74. The van der Waals surface area contributed by atoms with Gasteiger partial charge in [-0.1, -0.05) is 44.2 Å². The van der Waals surface area contributed by atoms with Gasteiger partial charge in [-0.2, -0.15) is 0 Å². The molecule has 100 valence electrons. The van der Waals surface area contributed by atoms with Crippen molar-refractivity contribution in [2.24, 2.45) is 0 Å². The Kier molecular flexibility index (Phi) is 7.38. The highest BCUT2D eigenvalue weighted by Crippen LogP contribution is 2.14. The van der Waals surface area contributed by atoms with E-state index in [0.717, 1.165) is 32.7 Å². The molecule has 0 atom stereocenters. The summed E-state index contributed by atoms with van der Waals surface area (Å²) in [6, 6.07) is 8.81. The zero-order chi connectivity index (χ0) is 13.2. The van der Waals surface area contributed by atoms with Crippen molar-refractivity contribution in [3.63, 3.8) is 0 Å². The molecule has 18 heavy (non-hydrogen) atoms. The monoisotopic (exact) mass is 247 g/mol. The zero-order valence-electron chi connectivity index (χ0n) is 11.6.